The Labute approximate surface area is 110 Å². The lowest BCUT2D eigenvalue weighted by Crippen LogP contribution is -2.46. The first-order chi connectivity index (χ1) is 9.04. The van der Waals surface area contributed by atoms with E-state index in [1.807, 2.05) is 19.2 Å². The molecular formula is C13H15N3O3. The fourth-order valence-corrected chi connectivity index (χ4v) is 2.19. The number of anilines is 1. The molecule has 0 fully saturated rings. The normalized spacial score (nSPS) is 14.2. The summed E-state index contributed by atoms with van der Waals surface area (Å²) in [5.74, 6) is -2.49. The molecule has 0 saturated heterocycles. The quantitative estimate of drug-likeness (QED) is 0.715. The number of nitrogens with zero attached hydrogens (tertiary/aromatic N) is 1. The molecule has 0 atom stereocenters. The van der Waals surface area contributed by atoms with E-state index in [4.69, 9.17) is 5.73 Å². The summed E-state index contributed by atoms with van der Waals surface area (Å²) in [6.07, 6.45) is 0.767. The molecule has 0 bridgehead atoms. The van der Waals surface area contributed by atoms with Gasteiger partial charge in [0, 0.05) is 13.0 Å². The van der Waals surface area contributed by atoms with Crippen molar-refractivity contribution in [2.45, 2.75) is 19.4 Å². The van der Waals surface area contributed by atoms with Crippen LogP contribution in [0.4, 0.5) is 5.69 Å². The number of primary amides is 1. The molecule has 2 rings (SSSR count). The van der Waals surface area contributed by atoms with E-state index in [2.05, 4.69) is 5.32 Å². The summed E-state index contributed by atoms with van der Waals surface area (Å²) in [5.41, 5.74) is 7.36. The van der Waals surface area contributed by atoms with Crippen LogP contribution in [0.15, 0.2) is 18.2 Å². The monoisotopic (exact) mass is 261 g/mol. The van der Waals surface area contributed by atoms with Crippen LogP contribution in [0.3, 0.4) is 0 Å². The molecule has 1 aromatic carbocycles. The van der Waals surface area contributed by atoms with E-state index in [-0.39, 0.29) is 6.42 Å². The van der Waals surface area contributed by atoms with Crippen LogP contribution in [-0.4, -0.2) is 24.8 Å². The summed E-state index contributed by atoms with van der Waals surface area (Å²) < 4.78 is 0. The van der Waals surface area contributed by atoms with Gasteiger partial charge in [0.2, 0.25) is 5.91 Å². The summed E-state index contributed by atoms with van der Waals surface area (Å²) >= 11 is 0. The van der Waals surface area contributed by atoms with Crippen LogP contribution < -0.4 is 16.0 Å². The van der Waals surface area contributed by atoms with E-state index in [1.165, 1.54) is 0 Å². The first-order valence-corrected chi connectivity index (χ1v) is 5.97. The van der Waals surface area contributed by atoms with Gasteiger partial charge in [0.25, 0.3) is 0 Å². The maximum atomic E-state index is 11.8. The highest BCUT2D eigenvalue weighted by Crippen LogP contribution is 2.28. The number of amides is 3. The van der Waals surface area contributed by atoms with Crippen molar-refractivity contribution in [2.75, 3.05) is 11.9 Å². The Morgan fingerprint density at radius 3 is 2.74 bits per heavy atom. The molecule has 0 aliphatic carbocycles. The number of carbonyl (C=O) groups is 3. The van der Waals surface area contributed by atoms with E-state index < -0.39 is 17.7 Å². The molecule has 1 aliphatic rings. The van der Waals surface area contributed by atoms with Gasteiger partial charge in [0.15, 0.2) is 0 Å². The zero-order chi connectivity index (χ0) is 14.0. The molecule has 100 valence electrons. The Bertz CT molecular complexity index is 554. The average Bonchev–Trinajstić information content (AvgIpc) is 2.38. The van der Waals surface area contributed by atoms with Crippen LogP contribution in [0, 0.1) is 0 Å². The van der Waals surface area contributed by atoms with Crippen molar-refractivity contribution in [3.63, 3.8) is 0 Å². The summed E-state index contributed by atoms with van der Waals surface area (Å²) in [4.78, 5) is 35.4. The lowest BCUT2D eigenvalue weighted by Gasteiger charge is -2.27. The Balaban J connectivity index is 2.42. The van der Waals surface area contributed by atoms with Crippen LogP contribution in [0.25, 0.3) is 0 Å². The number of hydrogen-bond acceptors (Lipinski definition) is 4. The predicted molar refractivity (Wildman–Crippen MR) is 69.2 cm³/mol. The minimum absolute atomic E-state index is 0.203. The fourth-order valence-electron chi connectivity index (χ4n) is 2.19. The van der Waals surface area contributed by atoms with Crippen LogP contribution in [0.1, 0.15) is 17.5 Å². The predicted octanol–water partition coefficient (Wildman–Crippen LogP) is -0.303. The molecule has 3 amide bonds. The van der Waals surface area contributed by atoms with Crippen molar-refractivity contribution in [3.8, 4) is 0 Å². The second-order valence-electron chi connectivity index (χ2n) is 4.39. The number of aryl methyl sites for hydroxylation is 1. The molecule has 1 heterocycles. The smallest absolute Gasteiger partial charge is 0.322 e. The second-order valence-corrected chi connectivity index (χ2v) is 4.39. The van der Waals surface area contributed by atoms with Crippen molar-refractivity contribution in [1.29, 1.82) is 0 Å². The van der Waals surface area contributed by atoms with Crippen molar-refractivity contribution >= 4 is 23.4 Å². The topological polar surface area (TPSA) is 92.5 Å². The molecule has 1 aliphatic heterocycles. The molecule has 0 aromatic heterocycles. The van der Waals surface area contributed by atoms with Gasteiger partial charge in [-0.3, -0.25) is 14.4 Å². The van der Waals surface area contributed by atoms with E-state index in [0.717, 1.165) is 16.0 Å². The molecule has 1 aromatic rings. The van der Waals surface area contributed by atoms with Gasteiger partial charge in [0.05, 0.1) is 5.69 Å². The molecule has 0 saturated carbocycles. The Hall–Kier alpha value is -2.21. The molecule has 0 radical (unpaired) electrons. The van der Waals surface area contributed by atoms with E-state index in [1.54, 1.807) is 6.07 Å². The van der Waals surface area contributed by atoms with Crippen molar-refractivity contribution < 1.29 is 14.4 Å². The standard InChI is InChI=1S/C13H15N3O3/c1-15-7-8-2-4-10-9(6-8)3-5-11(17)16(10)13(19)12(14)18/h2,4,6,15H,3,5,7H2,1H3,(H2,14,18). The minimum atomic E-state index is -1.12. The Morgan fingerprint density at radius 2 is 2.11 bits per heavy atom. The van der Waals surface area contributed by atoms with Gasteiger partial charge in [-0.25, -0.2) is 4.90 Å². The number of fused-ring (bicyclic) bond motifs is 1. The first-order valence-electron chi connectivity index (χ1n) is 5.97. The average molecular weight is 261 g/mol. The lowest BCUT2D eigenvalue weighted by molar-refractivity contribution is -0.138. The number of hydrogen-bond donors (Lipinski definition) is 2. The summed E-state index contributed by atoms with van der Waals surface area (Å²) in [6, 6.07) is 5.43. The van der Waals surface area contributed by atoms with Crippen LogP contribution in [0.2, 0.25) is 0 Å². The number of benzene rings is 1. The van der Waals surface area contributed by atoms with Gasteiger partial charge < -0.3 is 11.1 Å². The number of nitrogens with one attached hydrogen (secondary N) is 1. The van der Waals surface area contributed by atoms with E-state index in [9.17, 15) is 14.4 Å². The molecule has 19 heavy (non-hydrogen) atoms. The van der Waals surface area contributed by atoms with E-state index >= 15 is 0 Å². The highest BCUT2D eigenvalue weighted by Gasteiger charge is 2.32. The number of carbonyl (C=O) groups excluding carboxylic acids is 3. The molecule has 0 spiro atoms. The van der Waals surface area contributed by atoms with Gasteiger partial charge in [-0.15, -0.1) is 0 Å². The second kappa shape index (κ2) is 5.19. The molecule has 0 unspecified atom stereocenters. The lowest BCUT2D eigenvalue weighted by atomic mass is 9.98. The van der Waals surface area contributed by atoms with Crippen molar-refractivity contribution in [3.05, 3.63) is 29.3 Å². The van der Waals surface area contributed by atoms with Gasteiger partial charge in [-0.2, -0.15) is 0 Å². The maximum Gasteiger partial charge on any atom is 0.322 e. The largest absolute Gasteiger partial charge is 0.361 e. The van der Waals surface area contributed by atoms with Crippen LogP contribution in [0.5, 0.6) is 0 Å². The molecule has 6 nitrogen and oxygen atoms in total. The minimum Gasteiger partial charge on any atom is -0.361 e. The third-order valence-electron chi connectivity index (χ3n) is 3.04. The van der Waals surface area contributed by atoms with Gasteiger partial charge in [-0.05, 0) is 30.7 Å². The molecule has 6 heteroatoms. The Kier molecular flexibility index (Phi) is 3.62. The Morgan fingerprint density at radius 1 is 1.37 bits per heavy atom. The first kappa shape index (κ1) is 13.2. The van der Waals surface area contributed by atoms with Crippen LogP contribution in [-0.2, 0) is 27.3 Å². The number of nitrogens with two attached hydrogens (primary N) is 1. The fraction of sp³-hybridized carbons (Fsp3) is 0.308. The third-order valence-corrected chi connectivity index (χ3v) is 3.04. The molecule has 3 N–H and O–H groups in total. The van der Waals surface area contributed by atoms with Crippen LogP contribution >= 0.6 is 0 Å². The summed E-state index contributed by atoms with van der Waals surface area (Å²) in [7, 11) is 1.84. The van der Waals surface area contributed by atoms with Gasteiger partial charge >= 0.3 is 11.8 Å². The summed E-state index contributed by atoms with van der Waals surface area (Å²) in [5, 5.41) is 3.03. The maximum absolute atomic E-state index is 11.8. The zero-order valence-electron chi connectivity index (χ0n) is 10.6. The van der Waals surface area contributed by atoms with Crippen molar-refractivity contribution in [1.82, 2.24) is 5.32 Å². The zero-order valence-corrected chi connectivity index (χ0v) is 10.6. The third kappa shape index (κ3) is 2.48. The van der Waals surface area contributed by atoms with E-state index in [0.29, 0.717) is 18.7 Å². The summed E-state index contributed by atoms with van der Waals surface area (Å²) in [6.45, 7) is 0.699. The highest BCUT2D eigenvalue weighted by atomic mass is 16.2. The van der Waals surface area contributed by atoms with Gasteiger partial charge in [-0.1, -0.05) is 12.1 Å². The van der Waals surface area contributed by atoms with Gasteiger partial charge in [0.1, 0.15) is 0 Å². The SMILES string of the molecule is CNCc1ccc2c(c1)CCC(=O)N2C(=O)C(N)=O. The number of imide groups is 1. The molecular weight excluding hydrogens is 246 g/mol. The van der Waals surface area contributed by atoms with Crippen molar-refractivity contribution in [2.24, 2.45) is 5.73 Å². The highest BCUT2D eigenvalue weighted by molar-refractivity contribution is 6.45. The number of rotatable bonds is 2.